The fraction of sp³-hybridized carbons (Fsp3) is 0.357. The maximum absolute atomic E-state index is 13.4. The number of rotatable bonds is 5. The number of carbonyl (C=O) groups excluding carboxylic acids is 2. The van der Waals surface area contributed by atoms with E-state index in [2.05, 4.69) is 13.8 Å². The van der Waals surface area contributed by atoms with E-state index in [4.69, 9.17) is 16.3 Å². The van der Waals surface area contributed by atoms with Gasteiger partial charge in [-0.2, -0.15) is 0 Å². The highest BCUT2D eigenvalue weighted by Crippen LogP contribution is 2.45. The van der Waals surface area contributed by atoms with Gasteiger partial charge in [0.25, 0.3) is 5.91 Å². The number of ether oxygens (including phenoxy) is 1. The van der Waals surface area contributed by atoms with E-state index in [1.54, 1.807) is 34.9 Å². The molecule has 2 heterocycles. The summed E-state index contributed by atoms with van der Waals surface area (Å²) in [6.45, 7) is 7.50. The molecule has 1 N–H and O–H groups in total. The number of hydrogen-bond donors (Lipinski definition) is 1. The molecule has 2 aliphatic heterocycles. The molecule has 0 radical (unpaired) electrons. The molecule has 0 bridgehead atoms. The normalized spacial score (nSPS) is 18.0. The van der Waals surface area contributed by atoms with Crippen LogP contribution in [0.1, 0.15) is 27.2 Å². The molecule has 7 heteroatoms. The number of fused-ring (bicyclic) bond motifs is 2. The summed E-state index contributed by atoms with van der Waals surface area (Å²) in [5, 5.41) is 12.7. The lowest BCUT2D eigenvalue weighted by Gasteiger charge is -2.43. The molecule has 1 saturated heterocycles. The highest BCUT2D eigenvalue weighted by atomic mass is 35.5. The summed E-state index contributed by atoms with van der Waals surface area (Å²) in [6.07, 6.45) is 0.0212. The van der Waals surface area contributed by atoms with E-state index in [0.717, 1.165) is 21.9 Å². The minimum Gasteiger partial charge on any atom is -0.508 e. The van der Waals surface area contributed by atoms with Gasteiger partial charge in [-0.05, 0) is 52.9 Å². The number of likely N-dealkylation sites (tertiary alicyclic amines) is 1. The predicted molar refractivity (Wildman–Crippen MR) is 138 cm³/mol. The van der Waals surface area contributed by atoms with Crippen molar-refractivity contribution in [1.29, 1.82) is 0 Å². The minimum atomic E-state index is -0.582. The topological polar surface area (TPSA) is 70.1 Å². The van der Waals surface area contributed by atoms with Crippen LogP contribution in [-0.2, 0) is 9.59 Å². The lowest BCUT2D eigenvalue weighted by Crippen LogP contribution is -2.56. The molecule has 0 aliphatic carbocycles. The predicted octanol–water partition coefficient (Wildman–Crippen LogP) is 5.48. The van der Waals surface area contributed by atoms with Crippen LogP contribution in [0, 0.1) is 11.8 Å². The number of carbonyl (C=O) groups is 2. The number of nitrogens with zero attached hydrogens (tertiary/aromatic N) is 2. The number of hydrogen-bond acceptors (Lipinski definition) is 4. The first-order chi connectivity index (χ1) is 16.7. The second kappa shape index (κ2) is 9.08. The van der Waals surface area contributed by atoms with Crippen LogP contribution in [0.2, 0.25) is 5.02 Å². The average molecular weight is 493 g/mol. The summed E-state index contributed by atoms with van der Waals surface area (Å²) in [7, 11) is 0. The highest BCUT2D eigenvalue weighted by Gasteiger charge is 2.39. The number of phenolic OH excluding ortho intramolecular Hbond substituents is 1. The third-order valence-electron chi connectivity index (χ3n) is 6.82. The van der Waals surface area contributed by atoms with Gasteiger partial charge in [-0.1, -0.05) is 49.7 Å². The summed E-state index contributed by atoms with van der Waals surface area (Å²) in [5.41, 5.74) is 2.19. The van der Waals surface area contributed by atoms with E-state index in [1.807, 2.05) is 30.3 Å². The third kappa shape index (κ3) is 4.43. The first-order valence-corrected chi connectivity index (χ1v) is 12.4. The molecule has 0 aromatic heterocycles. The molecule has 1 unspecified atom stereocenters. The number of phenols is 1. The summed E-state index contributed by atoms with van der Waals surface area (Å²) in [6, 6.07) is 14.9. The van der Waals surface area contributed by atoms with Crippen LogP contribution < -0.4 is 9.64 Å². The Balaban J connectivity index is 1.56. The maximum Gasteiger partial charge on any atom is 0.268 e. The summed E-state index contributed by atoms with van der Waals surface area (Å²) in [4.78, 5) is 28.6. The molecule has 1 atom stereocenters. The van der Waals surface area contributed by atoms with Crippen LogP contribution in [0.5, 0.6) is 11.5 Å². The van der Waals surface area contributed by atoms with Crippen molar-refractivity contribution in [3.8, 4) is 22.6 Å². The Morgan fingerprint density at radius 1 is 1.14 bits per heavy atom. The van der Waals surface area contributed by atoms with Gasteiger partial charge in [-0.15, -0.1) is 0 Å². The van der Waals surface area contributed by atoms with Gasteiger partial charge in [-0.25, -0.2) is 0 Å². The van der Waals surface area contributed by atoms with Crippen molar-refractivity contribution in [1.82, 2.24) is 4.90 Å². The Hall–Kier alpha value is -3.25. The number of aromatic hydroxyl groups is 1. The van der Waals surface area contributed by atoms with Gasteiger partial charge in [0.05, 0.1) is 10.7 Å². The van der Waals surface area contributed by atoms with Crippen LogP contribution >= 0.6 is 11.6 Å². The van der Waals surface area contributed by atoms with E-state index in [9.17, 15) is 14.7 Å². The molecule has 182 valence electrons. The van der Waals surface area contributed by atoms with Gasteiger partial charge in [-0.3, -0.25) is 9.59 Å². The third-order valence-corrected chi connectivity index (χ3v) is 7.13. The Kier molecular flexibility index (Phi) is 6.09. The molecule has 0 spiro atoms. The van der Waals surface area contributed by atoms with Crippen LogP contribution in [0.25, 0.3) is 21.9 Å². The van der Waals surface area contributed by atoms with E-state index in [0.29, 0.717) is 42.5 Å². The average Bonchev–Trinajstić information content (AvgIpc) is 2.76. The first-order valence-electron chi connectivity index (χ1n) is 12.0. The van der Waals surface area contributed by atoms with Gasteiger partial charge in [0.1, 0.15) is 11.5 Å². The quantitative estimate of drug-likeness (QED) is 0.511. The summed E-state index contributed by atoms with van der Waals surface area (Å²) in [5.74, 6) is 1.23. The first kappa shape index (κ1) is 23.5. The molecule has 0 saturated carbocycles. The number of anilines is 1. The maximum atomic E-state index is 13.4. The van der Waals surface area contributed by atoms with Crippen LogP contribution in [0.3, 0.4) is 0 Å². The van der Waals surface area contributed by atoms with Gasteiger partial charge < -0.3 is 19.6 Å². The van der Waals surface area contributed by atoms with Crippen molar-refractivity contribution in [2.24, 2.45) is 11.8 Å². The lowest BCUT2D eigenvalue weighted by molar-refractivity contribution is -0.135. The fourth-order valence-corrected chi connectivity index (χ4v) is 5.29. The smallest absolute Gasteiger partial charge is 0.268 e. The molecular weight excluding hydrogens is 464 g/mol. The van der Waals surface area contributed by atoms with E-state index >= 15 is 0 Å². The summed E-state index contributed by atoms with van der Waals surface area (Å²) < 4.78 is 6.26. The molecule has 6 nitrogen and oxygen atoms in total. The zero-order chi connectivity index (χ0) is 24.9. The van der Waals surface area contributed by atoms with Crippen molar-refractivity contribution < 1.29 is 19.4 Å². The molecule has 1 fully saturated rings. The van der Waals surface area contributed by atoms with Gasteiger partial charge >= 0.3 is 0 Å². The van der Waals surface area contributed by atoms with Gasteiger partial charge in [0, 0.05) is 38.0 Å². The van der Waals surface area contributed by atoms with Crippen molar-refractivity contribution in [2.75, 3.05) is 24.5 Å². The van der Waals surface area contributed by atoms with E-state index in [1.165, 1.54) is 0 Å². The molecule has 3 aromatic rings. The van der Waals surface area contributed by atoms with Crippen molar-refractivity contribution in [3.05, 3.63) is 53.6 Å². The van der Waals surface area contributed by atoms with Crippen molar-refractivity contribution >= 4 is 39.9 Å². The Labute approximate surface area is 210 Å². The van der Waals surface area contributed by atoms with E-state index < -0.39 is 6.10 Å². The zero-order valence-electron chi connectivity index (χ0n) is 20.1. The Bertz CT molecular complexity index is 1320. The molecule has 35 heavy (non-hydrogen) atoms. The largest absolute Gasteiger partial charge is 0.508 e. The molecular formula is C28H29ClN2O4. The molecule has 2 aliphatic rings. The number of halogens is 1. The second-order valence-electron chi connectivity index (χ2n) is 9.99. The number of amides is 2. The molecule has 2 amide bonds. The Morgan fingerprint density at radius 2 is 1.89 bits per heavy atom. The Morgan fingerprint density at radius 3 is 2.60 bits per heavy atom. The van der Waals surface area contributed by atoms with Gasteiger partial charge in [0.2, 0.25) is 5.91 Å². The molecule has 3 aromatic carbocycles. The van der Waals surface area contributed by atoms with E-state index in [-0.39, 0.29) is 29.4 Å². The fourth-order valence-electron chi connectivity index (χ4n) is 5.03. The van der Waals surface area contributed by atoms with Crippen molar-refractivity contribution in [3.63, 3.8) is 0 Å². The summed E-state index contributed by atoms with van der Waals surface area (Å²) >= 11 is 6.80. The lowest BCUT2D eigenvalue weighted by atomic mass is 9.95. The zero-order valence-corrected chi connectivity index (χ0v) is 20.9. The van der Waals surface area contributed by atoms with Crippen LogP contribution in [0.4, 0.5) is 5.69 Å². The van der Waals surface area contributed by atoms with Crippen LogP contribution in [0.15, 0.2) is 48.5 Å². The SMILES string of the molecule is CC(=O)N1CC(CN2C(=O)C(CC(C)C)Oc3cc(-c4cc(O)cc5ccccc45)c(Cl)cc32)C1. The van der Waals surface area contributed by atoms with Crippen LogP contribution in [-0.4, -0.2) is 47.6 Å². The standard InChI is InChI=1S/C28H29ClN2O4/c1-16(2)8-27-28(34)31(15-18-13-30(14-18)17(3)32)25-12-24(29)23(11-26(25)35-27)22-10-20(33)9-19-6-4-5-7-21(19)22/h4-7,9-12,16,18,27,33H,8,13-15H2,1-3H3. The number of benzene rings is 3. The minimum absolute atomic E-state index is 0.0543. The van der Waals surface area contributed by atoms with Gasteiger partial charge in [0.15, 0.2) is 6.10 Å². The molecule has 5 rings (SSSR count). The highest BCUT2D eigenvalue weighted by molar-refractivity contribution is 6.34. The second-order valence-corrected chi connectivity index (χ2v) is 10.4. The van der Waals surface area contributed by atoms with Crippen molar-refractivity contribution in [2.45, 2.75) is 33.3 Å². The monoisotopic (exact) mass is 492 g/mol.